The quantitative estimate of drug-likeness (QED) is 0.847. The first kappa shape index (κ1) is 15.1. The summed E-state index contributed by atoms with van der Waals surface area (Å²) in [5, 5.41) is 9.11. The molecular weight excluding hydrogens is 260 g/mol. The Kier molecular flexibility index (Phi) is 4.86. The molecule has 0 aromatic carbocycles. The molecular formula is C14H24N2O4. The van der Waals surface area contributed by atoms with Crippen molar-refractivity contribution < 1.29 is 19.4 Å². The van der Waals surface area contributed by atoms with Crippen molar-refractivity contribution in [3.63, 3.8) is 0 Å². The molecule has 20 heavy (non-hydrogen) atoms. The van der Waals surface area contributed by atoms with Crippen LogP contribution in [0.5, 0.6) is 0 Å². The number of likely N-dealkylation sites (tertiary alicyclic amines) is 1. The smallest absolute Gasteiger partial charge is 0.319 e. The summed E-state index contributed by atoms with van der Waals surface area (Å²) in [5.41, 5.74) is 0. The number of hydrogen-bond acceptors (Lipinski definition) is 3. The Labute approximate surface area is 119 Å². The van der Waals surface area contributed by atoms with Gasteiger partial charge in [-0.2, -0.15) is 0 Å². The molecule has 0 radical (unpaired) electrons. The summed E-state index contributed by atoms with van der Waals surface area (Å²) in [5.74, 6) is -1.25. The highest BCUT2D eigenvalue weighted by Gasteiger charge is 2.38. The first-order chi connectivity index (χ1) is 9.49. The van der Waals surface area contributed by atoms with Crippen molar-refractivity contribution in [1.29, 1.82) is 0 Å². The Morgan fingerprint density at radius 3 is 2.65 bits per heavy atom. The molecule has 2 aliphatic heterocycles. The number of amides is 2. The molecule has 1 N–H and O–H groups in total. The zero-order valence-electron chi connectivity index (χ0n) is 12.2. The maximum absolute atomic E-state index is 12.3. The van der Waals surface area contributed by atoms with Gasteiger partial charge in [0.2, 0.25) is 0 Å². The van der Waals surface area contributed by atoms with Gasteiger partial charge in [-0.05, 0) is 25.2 Å². The number of hydrogen-bond donors (Lipinski definition) is 1. The second-order valence-electron chi connectivity index (χ2n) is 5.98. The van der Waals surface area contributed by atoms with Gasteiger partial charge in [-0.15, -0.1) is 0 Å². The number of carbonyl (C=O) groups excluding carboxylic acids is 1. The number of urea groups is 1. The minimum Gasteiger partial charge on any atom is -0.481 e. The maximum Gasteiger partial charge on any atom is 0.319 e. The van der Waals surface area contributed by atoms with Gasteiger partial charge in [0, 0.05) is 33.3 Å². The van der Waals surface area contributed by atoms with Gasteiger partial charge < -0.3 is 19.6 Å². The van der Waals surface area contributed by atoms with Crippen LogP contribution in [0.3, 0.4) is 0 Å². The van der Waals surface area contributed by atoms with Crippen LogP contribution in [0.15, 0.2) is 0 Å². The zero-order valence-corrected chi connectivity index (χ0v) is 12.2. The van der Waals surface area contributed by atoms with E-state index in [0.29, 0.717) is 19.6 Å². The lowest BCUT2D eigenvalue weighted by molar-refractivity contribution is -0.142. The molecule has 3 atom stereocenters. The van der Waals surface area contributed by atoms with Gasteiger partial charge in [0.05, 0.1) is 12.0 Å². The lowest BCUT2D eigenvalue weighted by Crippen LogP contribution is -2.44. The molecule has 2 rings (SSSR count). The lowest BCUT2D eigenvalue weighted by Gasteiger charge is -2.30. The number of aliphatic carboxylic acids is 1. The predicted octanol–water partition coefficient (Wildman–Crippen LogP) is 1.26. The zero-order chi connectivity index (χ0) is 14.7. The molecule has 0 aromatic heterocycles. The normalized spacial score (nSPS) is 30.3. The van der Waals surface area contributed by atoms with Crippen LogP contribution < -0.4 is 0 Å². The van der Waals surface area contributed by atoms with E-state index in [0.717, 1.165) is 25.9 Å². The molecule has 0 saturated carbocycles. The van der Waals surface area contributed by atoms with Gasteiger partial charge in [0.15, 0.2) is 0 Å². The third-order valence-corrected chi connectivity index (χ3v) is 4.28. The Morgan fingerprint density at radius 2 is 2.10 bits per heavy atom. The highest BCUT2D eigenvalue weighted by molar-refractivity contribution is 5.77. The van der Waals surface area contributed by atoms with E-state index in [1.54, 1.807) is 16.8 Å². The SMILES string of the molecule is CC1CN(C(=O)N(C)CC2CCCCO2)CC1C(=O)O. The molecule has 114 valence electrons. The van der Waals surface area contributed by atoms with Crippen molar-refractivity contribution >= 4 is 12.0 Å². The van der Waals surface area contributed by atoms with E-state index in [-0.39, 0.29) is 18.1 Å². The minimum absolute atomic E-state index is 0.00998. The Bertz CT molecular complexity index is 368. The Hall–Kier alpha value is -1.30. The highest BCUT2D eigenvalue weighted by Crippen LogP contribution is 2.24. The van der Waals surface area contributed by atoms with Crippen molar-refractivity contribution in [1.82, 2.24) is 9.80 Å². The number of carboxylic acids is 1. The van der Waals surface area contributed by atoms with Gasteiger partial charge in [-0.3, -0.25) is 4.79 Å². The number of likely N-dealkylation sites (N-methyl/N-ethyl adjacent to an activating group) is 1. The van der Waals surface area contributed by atoms with Crippen LogP contribution in [0.2, 0.25) is 0 Å². The summed E-state index contributed by atoms with van der Waals surface area (Å²) in [4.78, 5) is 26.7. The van der Waals surface area contributed by atoms with E-state index in [2.05, 4.69) is 0 Å². The topological polar surface area (TPSA) is 70.1 Å². The van der Waals surface area contributed by atoms with E-state index in [1.165, 1.54) is 0 Å². The second-order valence-corrected chi connectivity index (χ2v) is 5.98. The summed E-state index contributed by atoms with van der Waals surface area (Å²) >= 11 is 0. The van der Waals surface area contributed by atoms with Crippen LogP contribution in [0.25, 0.3) is 0 Å². The van der Waals surface area contributed by atoms with Crippen LogP contribution in [0.1, 0.15) is 26.2 Å². The number of carbonyl (C=O) groups is 2. The molecule has 2 fully saturated rings. The van der Waals surface area contributed by atoms with Crippen molar-refractivity contribution in [3.05, 3.63) is 0 Å². The molecule has 0 spiro atoms. The van der Waals surface area contributed by atoms with Crippen LogP contribution >= 0.6 is 0 Å². The summed E-state index contributed by atoms with van der Waals surface area (Å²) in [6.07, 6.45) is 3.35. The van der Waals surface area contributed by atoms with E-state index in [4.69, 9.17) is 9.84 Å². The summed E-state index contributed by atoms with van der Waals surface area (Å²) in [6, 6.07) is -0.0882. The number of carboxylic acid groups (broad SMARTS) is 1. The molecule has 6 nitrogen and oxygen atoms in total. The van der Waals surface area contributed by atoms with Gasteiger partial charge in [-0.1, -0.05) is 6.92 Å². The molecule has 0 aromatic rings. The first-order valence-electron chi connectivity index (χ1n) is 7.33. The maximum atomic E-state index is 12.3. The predicted molar refractivity (Wildman–Crippen MR) is 73.5 cm³/mol. The Balaban J connectivity index is 1.85. The molecule has 2 amide bonds. The van der Waals surface area contributed by atoms with Gasteiger partial charge >= 0.3 is 12.0 Å². The second kappa shape index (κ2) is 6.43. The number of rotatable bonds is 3. The average molecular weight is 284 g/mol. The molecule has 2 heterocycles. The minimum atomic E-state index is -0.814. The largest absolute Gasteiger partial charge is 0.481 e. The monoisotopic (exact) mass is 284 g/mol. The summed E-state index contributed by atoms with van der Waals surface area (Å²) < 4.78 is 5.64. The van der Waals surface area contributed by atoms with Crippen LogP contribution in [0, 0.1) is 11.8 Å². The molecule has 0 aliphatic carbocycles. The standard InChI is InChI=1S/C14H24N2O4/c1-10-7-16(9-12(10)13(17)18)14(19)15(2)8-11-5-3-4-6-20-11/h10-12H,3-9H2,1-2H3,(H,17,18). The third kappa shape index (κ3) is 3.42. The fourth-order valence-electron chi connectivity index (χ4n) is 3.02. The number of ether oxygens (including phenoxy) is 1. The van der Waals surface area contributed by atoms with E-state index in [9.17, 15) is 9.59 Å². The molecule has 0 bridgehead atoms. The molecule has 6 heteroatoms. The summed E-state index contributed by atoms with van der Waals surface area (Å²) in [7, 11) is 1.76. The lowest BCUT2D eigenvalue weighted by atomic mass is 9.99. The number of nitrogens with zero attached hydrogens (tertiary/aromatic N) is 2. The van der Waals surface area contributed by atoms with E-state index in [1.807, 2.05) is 6.92 Å². The van der Waals surface area contributed by atoms with Crippen molar-refractivity contribution in [2.75, 3.05) is 33.3 Å². The highest BCUT2D eigenvalue weighted by atomic mass is 16.5. The first-order valence-corrected chi connectivity index (χ1v) is 7.33. The fraction of sp³-hybridized carbons (Fsp3) is 0.857. The van der Waals surface area contributed by atoms with Gasteiger partial charge in [0.25, 0.3) is 0 Å². The summed E-state index contributed by atoms with van der Waals surface area (Å²) in [6.45, 7) is 4.07. The Morgan fingerprint density at radius 1 is 1.35 bits per heavy atom. The molecule has 2 saturated heterocycles. The molecule has 3 unspecified atom stereocenters. The average Bonchev–Trinajstić information content (AvgIpc) is 2.81. The van der Waals surface area contributed by atoms with Crippen LogP contribution in [-0.4, -0.2) is 66.3 Å². The van der Waals surface area contributed by atoms with E-state index >= 15 is 0 Å². The fourth-order valence-corrected chi connectivity index (χ4v) is 3.02. The van der Waals surface area contributed by atoms with Crippen molar-refractivity contribution in [3.8, 4) is 0 Å². The van der Waals surface area contributed by atoms with Crippen molar-refractivity contribution in [2.45, 2.75) is 32.3 Å². The van der Waals surface area contributed by atoms with Gasteiger partial charge in [-0.25, -0.2) is 4.79 Å². The third-order valence-electron chi connectivity index (χ3n) is 4.28. The van der Waals surface area contributed by atoms with E-state index < -0.39 is 11.9 Å². The van der Waals surface area contributed by atoms with Gasteiger partial charge in [0.1, 0.15) is 0 Å². The van der Waals surface area contributed by atoms with Crippen molar-refractivity contribution in [2.24, 2.45) is 11.8 Å². The van der Waals surface area contributed by atoms with Crippen LogP contribution in [-0.2, 0) is 9.53 Å². The van der Waals surface area contributed by atoms with Crippen LogP contribution in [0.4, 0.5) is 4.79 Å². The molecule has 2 aliphatic rings.